The third-order valence-corrected chi connectivity index (χ3v) is 3.57. The SMILES string of the molecule is CSc1nc(-c2ccc(C)cc2)ns1.O=CO. The van der Waals surface area contributed by atoms with Gasteiger partial charge in [-0.05, 0) is 24.7 Å². The number of thioether (sulfide) groups is 1. The molecule has 0 aliphatic carbocycles. The van der Waals surface area contributed by atoms with E-state index in [1.54, 1.807) is 11.8 Å². The highest BCUT2D eigenvalue weighted by Crippen LogP contribution is 2.23. The number of carbonyl (C=O) groups is 1. The number of hydrogen-bond acceptors (Lipinski definition) is 5. The molecule has 0 bridgehead atoms. The predicted octanol–water partition coefficient (Wildman–Crippen LogP) is 2.94. The fourth-order valence-electron chi connectivity index (χ4n) is 1.11. The quantitative estimate of drug-likeness (QED) is 0.670. The number of hydrogen-bond donors (Lipinski definition) is 1. The number of rotatable bonds is 2. The average Bonchev–Trinajstić information content (AvgIpc) is 2.80. The lowest BCUT2D eigenvalue weighted by Crippen LogP contribution is -1.80. The lowest BCUT2D eigenvalue weighted by molar-refractivity contribution is -0.122. The first-order valence-electron chi connectivity index (χ1n) is 4.74. The first-order valence-corrected chi connectivity index (χ1v) is 6.73. The maximum Gasteiger partial charge on any atom is 0.290 e. The summed E-state index contributed by atoms with van der Waals surface area (Å²) in [5, 5.41) is 6.89. The molecular formula is C11H12N2O2S2. The Balaban J connectivity index is 0.000000437. The van der Waals surface area contributed by atoms with Crippen LogP contribution in [0.1, 0.15) is 5.56 Å². The number of carboxylic acid groups (broad SMARTS) is 1. The van der Waals surface area contributed by atoms with Crippen molar-refractivity contribution in [3.8, 4) is 11.4 Å². The highest BCUT2D eigenvalue weighted by Gasteiger charge is 2.04. The molecule has 0 aliphatic rings. The van der Waals surface area contributed by atoms with Gasteiger partial charge < -0.3 is 5.11 Å². The van der Waals surface area contributed by atoms with Crippen molar-refractivity contribution in [2.75, 3.05) is 6.26 Å². The Morgan fingerprint density at radius 1 is 1.35 bits per heavy atom. The lowest BCUT2D eigenvalue weighted by Gasteiger charge is -1.95. The second kappa shape index (κ2) is 7.03. The summed E-state index contributed by atoms with van der Waals surface area (Å²) in [5.41, 5.74) is 2.35. The average molecular weight is 268 g/mol. The van der Waals surface area contributed by atoms with E-state index in [1.807, 2.05) is 6.26 Å². The van der Waals surface area contributed by atoms with Crippen LogP contribution >= 0.6 is 23.3 Å². The first-order chi connectivity index (χ1) is 8.21. The molecule has 90 valence electrons. The van der Waals surface area contributed by atoms with Crippen LogP contribution in [0.5, 0.6) is 0 Å². The van der Waals surface area contributed by atoms with E-state index in [9.17, 15) is 0 Å². The van der Waals surface area contributed by atoms with Crippen LogP contribution < -0.4 is 0 Å². The Labute approximate surface area is 108 Å². The molecule has 1 N–H and O–H groups in total. The normalized spacial score (nSPS) is 9.29. The smallest absolute Gasteiger partial charge is 0.290 e. The van der Waals surface area contributed by atoms with Gasteiger partial charge in [0.1, 0.15) is 0 Å². The topological polar surface area (TPSA) is 63.1 Å². The minimum Gasteiger partial charge on any atom is -0.483 e. The number of nitrogens with zero attached hydrogens (tertiary/aromatic N) is 2. The summed E-state index contributed by atoms with van der Waals surface area (Å²) < 4.78 is 5.31. The van der Waals surface area contributed by atoms with Gasteiger partial charge >= 0.3 is 0 Å². The molecule has 0 amide bonds. The summed E-state index contributed by atoms with van der Waals surface area (Å²) in [7, 11) is 0. The highest BCUT2D eigenvalue weighted by molar-refractivity contribution is 8.00. The molecule has 1 heterocycles. The molecule has 17 heavy (non-hydrogen) atoms. The molecule has 4 nitrogen and oxygen atoms in total. The van der Waals surface area contributed by atoms with E-state index in [0.29, 0.717) is 0 Å². The van der Waals surface area contributed by atoms with Gasteiger partial charge in [-0.15, -0.1) is 0 Å². The zero-order valence-corrected chi connectivity index (χ0v) is 11.1. The standard InChI is InChI=1S/C10H10N2S2.CH2O2/c1-7-3-5-8(6-4-7)9-11-10(13-2)14-12-9;2-1-3/h3-6H,1-2H3;1H,(H,2,3). The van der Waals surface area contributed by atoms with Crippen molar-refractivity contribution >= 4 is 29.8 Å². The van der Waals surface area contributed by atoms with Crippen LogP contribution in [-0.4, -0.2) is 27.2 Å². The van der Waals surface area contributed by atoms with Crippen LogP contribution in [-0.2, 0) is 4.79 Å². The molecule has 2 aromatic rings. The molecule has 0 fully saturated rings. The van der Waals surface area contributed by atoms with Gasteiger partial charge in [0.05, 0.1) is 0 Å². The fraction of sp³-hybridized carbons (Fsp3) is 0.182. The Morgan fingerprint density at radius 2 is 1.94 bits per heavy atom. The third kappa shape index (κ3) is 4.16. The van der Waals surface area contributed by atoms with E-state index >= 15 is 0 Å². The molecule has 0 radical (unpaired) electrons. The molecule has 0 unspecified atom stereocenters. The summed E-state index contributed by atoms with van der Waals surface area (Å²) >= 11 is 3.08. The van der Waals surface area contributed by atoms with Crippen LogP contribution in [0.4, 0.5) is 0 Å². The summed E-state index contributed by atoms with van der Waals surface area (Å²) in [4.78, 5) is 12.8. The molecule has 0 aliphatic heterocycles. The van der Waals surface area contributed by atoms with E-state index in [0.717, 1.165) is 15.7 Å². The second-order valence-electron chi connectivity index (χ2n) is 3.06. The first kappa shape index (κ1) is 13.7. The van der Waals surface area contributed by atoms with E-state index in [-0.39, 0.29) is 6.47 Å². The van der Waals surface area contributed by atoms with Crippen molar-refractivity contribution in [3.05, 3.63) is 29.8 Å². The van der Waals surface area contributed by atoms with Gasteiger partial charge in [-0.1, -0.05) is 41.6 Å². The van der Waals surface area contributed by atoms with Gasteiger partial charge in [0.15, 0.2) is 10.2 Å². The van der Waals surface area contributed by atoms with Gasteiger partial charge in [-0.25, -0.2) is 4.98 Å². The largest absolute Gasteiger partial charge is 0.483 e. The molecule has 0 saturated carbocycles. The van der Waals surface area contributed by atoms with Crippen molar-refractivity contribution in [1.29, 1.82) is 0 Å². The van der Waals surface area contributed by atoms with Crippen molar-refractivity contribution in [2.45, 2.75) is 11.3 Å². The zero-order chi connectivity index (χ0) is 12.7. The van der Waals surface area contributed by atoms with Crippen LogP contribution in [0.15, 0.2) is 28.6 Å². The fourth-order valence-corrected chi connectivity index (χ4v) is 2.14. The molecule has 6 heteroatoms. The van der Waals surface area contributed by atoms with Gasteiger partial charge in [0.25, 0.3) is 6.47 Å². The summed E-state index contributed by atoms with van der Waals surface area (Å²) in [6.07, 6.45) is 2.01. The van der Waals surface area contributed by atoms with Gasteiger partial charge in [0.2, 0.25) is 0 Å². The summed E-state index contributed by atoms with van der Waals surface area (Å²) in [6, 6.07) is 8.27. The predicted molar refractivity (Wildman–Crippen MR) is 70.6 cm³/mol. The Kier molecular flexibility index (Phi) is 5.65. The second-order valence-corrected chi connectivity index (χ2v) is 4.86. The van der Waals surface area contributed by atoms with Crippen LogP contribution in [0.3, 0.4) is 0 Å². The van der Waals surface area contributed by atoms with Crippen molar-refractivity contribution in [1.82, 2.24) is 9.36 Å². The number of aryl methyl sites for hydroxylation is 1. The van der Waals surface area contributed by atoms with E-state index in [1.165, 1.54) is 17.1 Å². The molecule has 1 aromatic carbocycles. The monoisotopic (exact) mass is 268 g/mol. The van der Waals surface area contributed by atoms with Gasteiger partial charge in [-0.2, -0.15) is 4.37 Å². The van der Waals surface area contributed by atoms with Crippen LogP contribution in [0, 0.1) is 6.92 Å². The summed E-state index contributed by atoms with van der Waals surface area (Å²) in [6.45, 7) is 1.82. The zero-order valence-electron chi connectivity index (χ0n) is 9.45. The Morgan fingerprint density at radius 3 is 2.41 bits per heavy atom. The Hall–Kier alpha value is -1.40. The van der Waals surface area contributed by atoms with Gasteiger partial charge in [0, 0.05) is 5.56 Å². The van der Waals surface area contributed by atoms with Crippen LogP contribution in [0.25, 0.3) is 11.4 Å². The van der Waals surface area contributed by atoms with E-state index in [4.69, 9.17) is 9.90 Å². The third-order valence-electron chi connectivity index (χ3n) is 1.89. The molecule has 0 saturated heterocycles. The Bertz CT molecular complexity index is 469. The lowest BCUT2D eigenvalue weighted by atomic mass is 10.1. The minimum atomic E-state index is -0.250. The molecule has 0 atom stereocenters. The highest BCUT2D eigenvalue weighted by atomic mass is 32.2. The minimum absolute atomic E-state index is 0.250. The summed E-state index contributed by atoms with van der Waals surface area (Å²) in [5.74, 6) is 0.833. The van der Waals surface area contributed by atoms with Crippen molar-refractivity contribution in [2.24, 2.45) is 0 Å². The molecule has 0 spiro atoms. The number of benzene rings is 1. The van der Waals surface area contributed by atoms with Gasteiger partial charge in [-0.3, -0.25) is 4.79 Å². The molecular weight excluding hydrogens is 256 g/mol. The number of aromatic nitrogens is 2. The van der Waals surface area contributed by atoms with Crippen molar-refractivity contribution < 1.29 is 9.90 Å². The van der Waals surface area contributed by atoms with Crippen LogP contribution in [0.2, 0.25) is 0 Å². The molecule has 1 aromatic heterocycles. The molecule has 2 rings (SSSR count). The van der Waals surface area contributed by atoms with Crippen molar-refractivity contribution in [3.63, 3.8) is 0 Å². The maximum absolute atomic E-state index is 8.36. The maximum atomic E-state index is 8.36. The van der Waals surface area contributed by atoms with E-state index in [2.05, 4.69) is 40.5 Å². The van der Waals surface area contributed by atoms with E-state index < -0.39 is 0 Å².